The van der Waals surface area contributed by atoms with Crippen molar-refractivity contribution in [1.82, 2.24) is 9.62 Å². The van der Waals surface area contributed by atoms with E-state index in [-0.39, 0.29) is 24.0 Å². The molecule has 9 heteroatoms. The topological polar surface area (TPSA) is 84.9 Å². The van der Waals surface area contributed by atoms with E-state index >= 15 is 0 Å². The van der Waals surface area contributed by atoms with Crippen LogP contribution in [0, 0.1) is 0 Å². The summed E-state index contributed by atoms with van der Waals surface area (Å²) in [6, 6.07) is 12.1. The maximum Gasteiger partial charge on any atom is 0.258 e. The molecule has 1 amide bonds. The van der Waals surface area contributed by atoms with Gasteiger partial charge in [-0.3, -0.25) is 4.79 Å². The molecule has 7 nitrogen and oxygen atoms in total. The van der Waals surface area contributed by atoms with Crippen LogP contribution in [0.25, 0.3) is 0 Å². The number of hydrogen-bond donors (Lipinski definition) is 1. The van der Waals surface area contributed by atoms with Crippen LogP contribution < -0.4 is 14.8 Å². The highest BCUT2D eigenvalue weighted by molar-refractivity contribution is 9.10. The monoisotopic (exact) mass is 510 g/mol. The zero-order chi connectivity index (χ0) is 22.3. The Bertz CT molecular complexity index is 989. The van der Waals surface area contributed by atoms with E-state index in [4.69, 9.17) is 9.47 Å². The molecule has 0 spiro atoms. The summed E-state index contributed by atoms with van der Waals surface area (Å²) < 4.78 is 38.5. The molecule has 0 unspecified atom stereocenters. The number of halogens is 1. The third-order valence-electron chi connectivity index (χ3n) is 4.98. The van der Waals surface area contributed by atoms with Crippen molar-refractivity contribution in [2.45, 2.75) is 31.1 Å². The molecule has 31 heavy (non-hydrogen) atoms. The van der Waals surface area contributed by atoms with Crippen LogP contribution in [-0.4, -0.2) is 51.5 Å². The minimum absolute atomic E-state index is 0.0902. The van der Waals surface area contributed by atoms with Gasteiger partial charge in [0.05, 0.1) is 15.9 Å². The molecule has 0 saturated carbocycles. The third-order valence-corrected chi connectivity index (χ3v) is 7.52. The van der Waals surface area contributed by atoms with Crippen molar-refractivity contribution in [1.29, 1.82) is 0 Å². The van der Waals surface area contributed by atoms with Gasteiger partial charge in [-0.2, -0.15) is 4.31 Å². The second-order valence-corrected chi connectivity index (χ2v) is 9.98. The number of nitrogens with zero attached hydrogens (tertiary/aromatic N) is 1. The molecule has 1 heterocycles. The molecule has 2 aromatic rings. The summed E-state index contributed by atoms with van der Waals surface area (Å²) in [6.07, 6.45) is 2.73. The molecule has 2 aromatic carbocycles. The molecule has 168 valence electrons. The van der Waals surface area contributed by atoms with Gasteiger partial charge in [-0.1, -0.05) is 13.0 Å². The van der Waals surface area contributed by atoms with Crippen molar-refractivity contribution in [3.63, 3.8) is 0 Å². The van der Waals surface area contributed by atoms with E-state index in [0.29, 0.717) is 31.1 Å². The second-order valence-electron chi connectivity index (χ2n) is 7.19. The van der Waals surface area contributed by atoms with Crippen molar-refractivity contribution in [3.8, 4) is 11.5 Å². The van der Waals surface area contributed by atoms with E-state index in [1.807, 2.05) is 18.2 Å². The van der Waals surface area contributed by atoms with E-state index < -0.39 is 10.0 Å². The number of amides is 1. The molecule has 3 rings (SSSR count). The SMILES string of the molecule is CCc1ccc(OCC(=O)NCCOc2ccc(S(=O)(=O)N3CCCC3)cc2)c(Br)c1. The van der Waals surface area contributed by atoms with Gasteiger partial charge >= 0.3 is 0 Å². The Hall–Kier alpha value is -2.10. The van der Waals surface area contributed by atoms with Gasteiger partial charge in [0.15, 0.2) is 6.61 Å². The molecule has 1 saturated heterocycles. The number of rotatable bonds is 10. The van der Waals surface area contributed by atoms with E-state index in [2.05, 4.69) is 28.2 Å². The Morgan fingerprint density at radius 3 is 2.45 bits per heavy atom. The van der Waals surface area contributed by atoms with Crippen molar-refractivity contribution < 1.29 is 22.7 Å². The molecule has 1 aliphatic heterocycles. The highest BCUT2D eigenvalue weighted by Gasteiger charge is 2.26. The summed E-state index contributed by atoms with van der Waals surface area (Å²) in [7, 11) is -3.42. The minimum atomic E-state index is -3.42. The van der Waals surface area contributed by atoms with E-state index in [0.717, 1.165) is 23.7 Å². The van der Waals surface area contributed by atoms with Crippen LogP contribution in [0.1, 0.15) is 25.3 Å². The number of ether oxygens (including phenoxy) is 2. The number of aryl methyl sites for hydroxylation is 1. The Morgan fingerprint density at radius 2 is 1.81 bits per heavy atom. The van der Waals surface area contributed by atoms with Crippen molar-refractivity contribution in [2.75, 3.05) is 32.8 Å². The van der Waals surface area contributed by atoms with Crippen LogP contribution in [0.15, 0.2) is 51.8 Å². The lowest BCUT2D eigenvalue weighted by atomic mass is 10.2. The quantitative estimate of drug-likeness (QED) is 0.495. The number of benzene rings is 2. The maximum absolute atomic E-state index is 12.5. The number of nitrogens with one attached hydrogen (secondary N) is 1. The summed E-state index contributed by atoms with van der Waals surface area (Å²) in [4.78, 5) is 12.2. The Balaban J connectivity index is 1.39. The average molecular weight is 511 g/mol. The molecule has 1 fully saturated rings. The summed E-state index contributed by atoms with van der Waals surface area (Å²) in [5.74, 6) is 0.917. The van der Waals surface area contributed by atoms with Crippen LogP contribution in [0.4, 0.5) is 0 Å². The fraction of sp³-hybridized carbons (Fsp3) is 0.409. The van der Waals surface area contributed by atoms with Gasteiger partial charge in [0.25, 0.3) is 5.91 Å². The van der Waals surface area contributed by atoms with Crippen molar-refractivity contribution in [3.05, 3.63) is 52.5 Å². The average Bonchev–Trinajstić information content (AvgIpc) is 3.32. The predicted octanol–water partition coefficient (Wildman–Crippen LogP) is 3.37. The second kappa shape index (κ2) is 11.0. The molecule has 0 radical (unpaired) electrons. The van der Waals surface area contributed by atoms with E-state index in [1.165, 1.54) is 9.87 Å². The summed E-state index contributed by atoms with van der Waals surface area (Å²) in [6.45, 7) is 3.70. The highest BCUT2D eigenvalue weighted by Crippen LogP contribution is 2.26. The van der Waals surface area contributed by atoms with Crippen molar-refractivity contribution in [2.24, 2.45) is 0 Å². The standard InChI is InChI=1S/C22H27BrN2O5S/c1-2-17-5-10-21(20(23)15-17)30-16-22(26)24-11-14-29-18-6-8-19(9-7-18)31(27,28)25-12-3-4-13-25/h5-10,15H,2-4,11-14,16H2,1H3,(H,24,26). The first-order valence-corrected chi connectivity index (χ1v) is 12.5. The Labute approximate surface area is 191 Å². The molecule has 1 N–H and O–H groups in total. The van der Waals surface area contributed by atoms with Gasteiger partial charge in [0.1, 0.15) is 18.1 Å². The normalized spacial score (nSPS) is 14.4. The molecular weight excluding hydrogens is 484 g/mol. The Kier molecular flexibility index (Phi) is 8.34. The highest BCUT2D eigenvalue weighted by atomic mass is 79.9. The van der Waals surface area contributed by atoms with Gasteiger partial charge in [-0.25, -0.2) is 8.42 Å². The molecule has 0 aromatic heterocycles. The van der Waals surface area contributed by atoms with Crippen LogP contribution in [0.3, 0.4) is 0 Å². The third kappa shape index (κ3) is 6.44. The fourth-order valence-electron chi connectivity index (χ4n) is 3.22. The van der Waals surface area contributed by atoms with Gasteiger partial charge < -0.3 is 14.8 Å². The lowest BCUT2D eigenvalue weighted by molar-refractivity contribution is -0.123. The zero-order valence-corrected chi connectivity index (χ0v) is 19.9. The number of sulfonamides is 1. The largest absolute Gasteiger partial charge is 0.492 e. The maximum atomic E-state index is 12.5. The predicted molar refractivity (Wildman–Crippen MR) is 122 cm³/mol. The molecule has 0 bridgehead atoms. The Morgan fingerprint density at radius 1 is 1.10 bits per heavy atom. The van der Waals surface area contributed by atoms with E-state index in [1.54, 1.807) is 24.3 Å². The lowest BCUT2D eigenvalue weighted by Gasteiger charge is -2.15. The molecular formula is C22H27BrN2O5S. The van der Waals surface area contributed by atoms with Crippen LogP contribution in [0.5, 0.6) is 11.5 Å². The first-order chi connectivity index (χ1) is 14.9. The number of hydrogen-bond acceptors (Lipinski definition) is 5. The fourth-order valence-corrected chi connectivity index (χ4v) is 5.28. The summed E-state index contributed by atoms with van der Waals surface area (Å²) >= 11 is 3.45. The molecule has 0 aliphatic carbocycles. The van der Waals surface area contributed by atoms with E-state index in [9.17, 15) is 13.2 Å². The minimum Gasteiger partial charge on any atom is -0.492 e. The first-order valence-electron chi connectivity index (χ1n) is 10.3. The molecule has 1 aliphatic rings. The van der Waals surface area contributed by atoms with Gasteiger partial charge in [0.2, 0.25) is 10.0 Å². The van der Waals surface area contributed by atoms with Crippen molar-refractivity contribution >= 4 is 31.9 Å². The summed E-state index contributed by atoms with van der Waals surface area (Å²) in [5.41, 5.74) is 1.18. The lowest BCUT2D eigenvalue weighted by Crippen LogP contribution is -2.32. The van der Waals surface area contributed by atoms with Crippen LogP contribution >= 0.6 is 15.9 Å². The first kappa shape index (κ1) is 23.6. The van der Waals surface area contributed by atoms with Crippen LogP contribution in [-0.2, 0) is 21.2 Å². The van der Waals surface area contributed by atoms with Gasteiger partial charge in [0, 0.05) is 13.1 Å². The van der Waals surface area contributed by atoms with Gasteiger partial charge in [-0.05, 0) is 77.2 Å². The number of carbonyl (C=O) groups is 1. The molecule has 0 atom stereocenters. The summed E-state index contributed by atoms with van der Waals surface area (Å²) in [5, 5.41) is 2.73. The number of carbonyl (C=O) groups excluding carboxylic acids is 1. The van der Waals surface area contributed by atoms with Crippen LogP contribution in [0.2, 0.25) is 0 Å². The zero-order valence-electron chi connectivity index (χ0n) is 17.5. The van der Waals surface area contributed by atoms with Gasteiger partial charge in [-0.15, -0.1) is 0 Å². The smallest absolute Gasteiger partial charge is 0.258 e.